The van der Waals surface area contributed by atoms with Gasteiger partial charge in [0.1, 0.15) is 0 Å². The molecule has 6 heavy (non-hydrogen) atoms. The van der Waals surface area contributed by atoms with Gasteiger partial charge in [-0.05, 0) is 11.5 Å². The van der Waals surface area contributed by atoms with Crippen molar-refractivity contribution in [3.8, 4) is 0 Å². The average Bonchev–Trinajstić information content (AvgIpc) is 1.76. The third kappa shape index (κ3) is 2.38. The monoisotopic (exact) mass is 126 g/mol. The molecule has 28 valence electrons. The fraction of sp³-hybridized carbons (Fsp3) is 0. The second-order valence-corrected chi connectivity index (χ2v) is 1.23. The van der Waals surface area contributed by atoms with Gasteiger partial charge in [-0.3, -0.25) is 0 Å². The molecule has 0 N–H and O–H groups in total. The van der Waals surface area contributed by atoms with Gasteiger partial charge in [-0.15, -0.1) is 5.10 Å². The van der Waals surface area contributed by atoms with Crippen LogP contribution in [0.5, 0.6) is 0 Å². The van der Waals surface area contributed by atoms with Crippen molar-refractivity contribution in [2.75, 3.05) is 0 Å². The molecule has 0 unspecified atom stereocenters. The third-order valence-corrected chi connectivity index (χ3v) is 0.715. The first kappa shape index (κ1) is 7.20. The summed E-state index contributed by atoms with van der Waals surface area (Å²) < 4.78 is 3.51. The van der Waals surface area contributed by atoms with Crippen molar-refractivity contribution in [1.82, 2.24) is 9.59 Å². The molecule has 0 aliphatic carbocycles. The van der Waals surface area contributed by atoms with Gasteiger partial charge in [0.05, 0.1) is 6.20 Å². The van der Waals surface area contributed by atoms with Gasteiger partial charge in [0.15, 0.2) is 0 Å². The van der Waals surface area contributed by atoms with Crippen molar-refractivity contribution in [3.63, 3.8) is 0 Å². The van der Waals surface area contributed by atoms with Crippen LogP contribution in [-0.2, 0) is 0 Å². The quantitative estimate of drug-likeness (QED) is 0.364. The normalized spacial score (nSPS) is 6.67. The molecule has 0 aliphatic rings. The van der Waals surface area contributed by atoms with Crippen LogP contribution in [-0.4, -0.2) is 9.59 Å². The van der Waals surface area contributed by atoms with Crippen LogP contribution in [0.25, 0.3) is 0 Å². The number of hydrogen-bond donors (Lipinski definition) is 0. The maximum absolute atomic E-state index is 3.51. The first-order valence-corrected chi connectivity index (χ1v) is 2.05. The Morgan fingerprint density at radius 3 is 2.67 bits per heavy atom. The molecular weight excluding hydrogens is 123 g/mol. The molecule has 0 radical (unpaired) electrons. The van der Waals surface area contributed by atoms with E-state index in [1.807, 2.05) is 5.38 Å². The summed E-state index contributed by atoms with van der Waals surface area (Å²) in [6.07, 6.45) is 1.66. The van der Waals surface area contributed by atoms with Crippen molar-refractivity contribution < 1.29 is 52.8 Å². The Morgan fingerprint density at radius 2 is 2.50 bits per heavy atom. The standard InChI is InChI=1S/C2H2N2S.K.H/c1-2-5-4-3-1;;/h1-2H;;/q;+1;-1. The number of aromatic nitrogens is 2. The van der Waals surface area contributed by atoms with Crippen LogP contribution in [0.2, 0.25) is 0 Å². The van der Waals surface area contributed by atoms with Gasteiger partial charge in [0.25, 0.3) is 0 Å². The molecule has 0 atom stereocenters. The Labute approximate surface area is 84.0 Å². The molecule has 0 aliphatic heterocycles. The molecule has 4 heteroatoms. The van der Waals surface area contributed by atoms with E-state index < -0.39 is 0 Å². The van der Waals surface area contributed by atoms with Crippen LogP contribution in [0, 0.1) is 0 Å². The van der Waals surface area contributed by atoms with Gasteiger partial charge >= 0.3 is 51.4 Å². The summed E-state index contributed by atoms with van der Waals surface area (Å²) in [7, 11) is 0. The number of nitrogens with zero attached hydrogens (tertiary/aromatic N) is 2. The summed E-state index contributed by atoms with van der Waals surface area (Å²) in [6, 6.07) is 0. The maximum Gasteiger partial charge on any atom is 1.00 e. The van der Waals surface area contributed by atoms with Crippen molar-refractivity contribution in [2.45, 2.75) is 0 Å². The van der Waals surface area contributed by atoms with E-state index in [2.05, 4.69) is 9.59 Å². The van der Waals surface area contributed by atoms with E-state index in [9.17, 15) is 0 Å². The van der Waals surface area contributed by atoms with Crippen LogP contribution in [0.3, 0.4) is 0 Å². The molecule has 0 saturated carbocycles. The van der Waals surface area contributed by atoms with Crippen molar-refractivity contribution >= 4 is 11.5 Å². The maximum atomic E-state index is 3.51. The Balaban J connectivity index is 0. The van der Waals surface area contributed by atoms with E-state index >= 15 is 0 Å². The minimum atomic E-state index is 0. The molecule has 2 nitrogen and oxygen atoms in total. The predicted molar refractivity (Wildman–Crippen MR) is 21.0 cm³/mol. The first-order chi connectivity index (χ1) is 2.50. The van der Waals surface area contributed by atoms with Gasteiger partial charge in [0, 0.05) is 5.38 Å². The molecular formula is C2H3KN2S. The van der Waals surface area contributed by atoms with E-state index in [0.717, 1.165) is 0 Å². The van der Waals surface area contributed by atoms with Gasteiger partial charge in [-0.25, -0.2) is 0 Å². The van der Waals surface area contributed by atoms with E-state index in [1.54, 1.807) is 6.20 Å². The van der Waals surface area contributed by atoms with Crippen LogP contribution < -0.4 is 51.4 Å². The second-order valence-electron chi connectivity index (χ2n) is 0.588. The van der Waals surface area contributed by atoms with E-state index in [4.69, 9.17) is 0 Å². The Morgan fingerprint density at radius 1 is 1.67 bits per heavy atom. The largest absolute Gasteiger partial charge is 1.00 e. The van der Waals surface area contributed by atoms with Crippen LogP contribution >= 0.6 is 11.5 Å². The average molecular weight is 126 g/mol. The molecule has 0 fully saturated rings. The third-order valence-electron chi connectivity index (χ3n) is 0.283. The molecule has 0 spiro atoms. The first-order valence-electron chi connectivity index (χ1n) is 1.21. The predicted octanol–water partition coefficient (Wildman–Crippen LogP) is -2.35. The van der Waals surface area contributed by atoms with Crippen molar-refractivity contribution in [3.05, 3.63) is 11.6 Å². The summed E-state index contributed by atoms with van der Waals surface area (Å²) in [5.74, 6) is 0. The number of rotatable bonds is 0. The zero-order valence-electron chi connectivity index (χ0n) is 4.46. The molecule has 1 aromatic rings. The SMILES string of the molecule is [H-].[K+].c1csnn1. The molecule has 0 bridgehead atoms. The smallest absolute Gasteiger partial charge is 1.00 e. The molecule has 0 amide bonds. The molecule has 1 heterocycles. The summed E-state index contributed by atoms with van der Waals surface area (Å²) in [4.78, 5) is 0. The molecule has 0 aromatic carbocycles. The van der Waals surface area contributed by atoms with Crippen molar-refractivity contribution in [2.24, 2.45) is 0 Å². The Bertz CT molecular complexity index is 72.2. The van der Waals surface area contributed by atoms with Crippen LogP contribution in [0.1, 0.15) is 1.43 Å². The Kier molecular flexibility index (Phi) is 5.23. The van der Waals surface area contributed by atoms with Gasteiger partial charge in [-0.1, -0.05) is 4.49 Å². The fourth-order valence-corrected chi connectivity index (χ4v) is 0.408. The molecule has 1 rings (SSSR count). The van der Waals surface area contributed by atoms with Gasteiger partial charge < -0.3 is 1.43 Å². The van der Waals surface area contributed by atoms with Gasteiger partial charge in [0.2, 0.25) is 0 Å². The van der Waals surface area contributed by atoms with E-state index in [0.29, 0.717) is 0 Å². The summed E-state index contributed by atoms with van der Waals surface area (Å²) in [6.45, 7) is 0. The second kappa shape index (κ2) is 4.36. The topological polar surface area (TPSA) is 25.8 Å². The summed E-state index contributed by atoms with van der Waals surface area (Å²) in [5.41, 5.74) is 0. The Hall–Kier alpha value is 1.20. The minimum Gasteiger partial charge on any atom is -1.00 e. The summed E-state index contributed by atoms with van der Waals surface area (Å²) >= 11 is 1.35. The fourth-order valence-electron chi connectivity index (χ4n) is 0.136. The summed E-state index contributed by atoms with van der Waals surface area (Å²) in [5, 5.41) is 5.31. The minimum absolute atomic E-state index is 0. The van der Waals surface area contributed by atoms with Crippen LogP contribution in [0.4, 0.5) is 0 Å². The number of hydrogen-bond acceptors (Lipinski definition) is 3. The molecule has 1 aromatic heterocycles. The van der Waals surface area contributed by atoms with Crippen molar-refractivity contribution in [1.29, 1.82) is 0 Å². The van der Waals surface area contributed by atoms with E-state index in [1.165, 1.54) is 11.5 Å². The van der Waals surface area contributed by atoms with Crippen LogP contribution in [0.15, 0.2) is 11.6 Å². The zero-order valence-corrected chi connectivity index (χ0v) is 7.40. The van der Waals surface area contributed by atoms with Gasteiger partial charge in [-0.2, -0.15) is 0 Å². The zero-order chi connectivity index (χ0) is 3.54. The van der Waals surface area contributed by atoms with E-state index in [-0.39, 0.29) is 52.8 Å². The molecule has 0 saturated heterocycles.